The third-order valence-corrected chi connectivity index (χ3v) is 4.61. The number of hydrogen-bond acceptors (Lipinski definition) is 5. The largest absolute Gasteiger partial charge is 0.368 e. The zero-order chi connectivity index (χ0) is 17.0. The van der Waals surface area contributed by atoms with Crippen molar-refractivity contribution < 1.29 is 13.0 Å². The normalized spacial score (nSPS) is 12.4. The van der Waals surface area contributed by atoms with Crippen molar-refractivity contribution in [2.75, 3.05) is 11.9 Å². The van der Waals surface area contributed by atoms with Gasteiger partial charge >= 0.3 is 0 Å². The van der Waals surface area contributed by atoms with Gasteiger partial charge in [0, 0.05) is 17.2 Å². The number of rotatable bonds is 5. The summed E-state index contributed by atoms with van der Waals surface area (Å²) in [4.78, 5) is 3.93. The zero-order valence-electron chi connectivity index (χ0n) is 12.2. The summed E-state index contributed by atoms with van der Waals surface area (Å²) in [7, 11) is -4.30. The third kappa shape index (κ3) is 4.51. The summed E-state index contributed by atoms with van der Waals surface area (Å²) in [6, 6.07) is 9.94. The maximum absolute atomic E-state index is 11.3. The van der Waals surface area contributed by atoms with Crippen LogP contribution >= 0.6 is 15.9 Å². The van der Waals surface area contributed by atoms with Crippen LogP contribution in [0.25, 0.3) is 0 Å². The van der Waals surface area contributed by atoms with E-state index in [1.165, 1.54) is 12.1 Å². The van der Waals surface area contributed by atoms with Gasteiger partial charge in [0.15, 0.2) is 0 Å². The number of nitrogens with one attached hydrogen (secondary N) is 1. The number of hydrogen-bond donors (Lipinski definition) is 2. The molecule has 120 valence electrons. The second-order valence-corrected chi connectivity index (χ2v) is 7.25. The molecule has 23 heavy (non-hydrogen) atoms. The number of aromatic nitrogens is 1. The van der Waals surface area contributed by atoms with Crippen LogP contribution < -0.4 is 5.32 Å². The minimum atomic E-state index is -4.30. The molecule has 2 N–H and O–H groups in total. The van der Waals surface area contributed by atoms with Crippen LogP contribution in [-0.4, -0.2) is 24.5 Å². The molecule has 6 nitrogen and oxygen atoms in total. The molecule has 0 spiro atoms. The lowest BCUT2D eigenvalue weighted by Gasteiger charge is -2.14. The minimum absolute atomic E-state index is 0.222. The van der Waals surface area contributed by atoms with Crippen molar-refractivity contribution in [3.8, 4) is 6.07 Å². The molecule has 0 radical (unpaired) electrons. The van der Waals surface area contributed by atoms with Gasteiger partial charge in [0.05, 0.1) is 16.9 Å². The van der Waals surface area contributed by atoms with Gasteiger partial charge in [0.25, 0.3) is 10.1 Å². The van der Waals surface area contributed by atoms with Gasteiger partial charge in [-0.25, -0.2) is 4.98 Å². The first-order chi connectivity index (χ1) is 10.8. The van der Waals surface area contributed by atoms with Crippen LogP contribution in [0.4, 0.5) is 5.82 Å². The molecule has 8 heteroatoms. The Morgan fingerprint density at radius 3 is 2.70 bits per heavy atom. The predicted molar refractivity (Wildman–Crippen MR) is 89.8 cm³/mol. The first kappa shape index (κ1) is 17.4. The van der Waals surface area contributed by atoms with Gasteiger partial charge in [-0.05, 0) is 58.2 Å². The number of nitrogens with zero attached hydrogens (tertiary/aromatic N) is 2. The van der Waals surface area contributed by atoms with Gasteiger partial charge in [0.2, 0.25) is 0 Å². The van der Waals surface area contributed by atoms with E-state index in [1.807, 2.05) is 6.07 Å². The topological polar surface area (TPSA) is 103 Å². The Balaban J connectivity index is 2.24. The van der Waals surface area contributed by atoms with Gasteiger partial charge in [-0.3, -0.25) is 4.55 Å². The SMILES string of the molecule is Cc1ccc(S(=O)(=O)O)cc1C(C#N)CNc1ccc(Br)cn1. The van der Waals surface area contributed by atoms with Crippen molar-refractivity contribution in [3.05, 3.63) is 52.1 Å². The van der Waals surface area contributed by atoms with Gasteiger partial charge in [-0.15, -0.1) is 0 Å². The number of benzene rings is 1. The lowest BCUT2D eigenvalue weighted by Crippen LogP contribution is -2.14. The zero-order valence-corrected chi connectivity index (χ0v) is 14.6. The average Bonchev–Trinajstić information content (AvgIpc) is 2.50. The van der Waals surface area contributed by atoms with E-state index in [0.717, 1.165) is 10.0 Å². The van der Waals surface area contributed by atoms with E-state index in [-0.39, 0.29) is 11.4 Å². The fraction of sp³-hybridized carbons (Fsp3) is 0.200. The van der Waals surface area contributed by atoms with Crippen molar-refractivity contribution in [1.29, 1.82) is 5.26 Å². The Labute approximate surface area is 143 Å². The first-order valence-electron chi connectivity index (χ1n) is 6.64. The molecule has 1 aromatic carbocycles. The van der Waals surface area contributed by atoms with Gasteiger partial charge in [-0.2, -0.15) is 13.7 Å². The second kappa shape index (κ2) is 7.08. The van der Waals surface area contributed by atoms with E-state index >= 15 is 0 Å². The summed E-state index contributed by atoms with van der Waals surface area (Å²) in [5, 5.41) is 12.4. The molecule has 1 heterocycles. The molecule has 1 unspecified atom stereocenters. The molecule has 1 aromatic heterocycles. The Morgan fingerprint density at radius 2 is 2.13 bits per heavy atom. The number of nitriles is 1. The van der Waals surface area contributed by atoms with Gasteiger partial charge in [-0.1, -0.05) is 6.07 Å². The molecule has 0 amide bonds. The van der Waals surface area contributed by atoms with Crippen LogP contribution in [0.5, 0.6) is 0 Å². The van der Waals surface area contributed by atoms with Crippen LogP contribution in [0.3, 0.4) is 0 Å². The van der Waals surface area contributed by atoms with E-state index in [4.69, 9.17) is 4.55 Å². The van der Waals surface area contributed by atoms with Gasteiger partial charge < -0.3 is 5.32 Å². The lowest BCUT2D eigenvalue weighted by molar-refractivity contribution is 0.483. The molecule has 0 aliphatic carbocycles. The molecule has 1 atom stereocenters. The average molecular weight is 396 g/mol. The fourth-order valence-electron chi connectivity index (χ4n) is 2.07. The molecule has 0 aliphatic heterocycles. The Morgan fingerprint density at radius 1 is 1.39 bits per heavy atom. The van der Waals surface area contributed by atoms with E-state index in [2.05, 4.69) is 32.3 Å². The predicted octanol–water partition coefficient (Wildman–Crippen LogP) is 3.12. The number of pyridine rings is 1. The highest BCUT2D eigenvalue weighted by molar-refractivity contribution is 9.10. The van der Waals surface area contributed by atoms with Crippen molar-refractivity contribution in [2.24, 2.45) is 0 Å². The number of aryl methyl sites for hydroxylation is 1. The van der Waals surface area contributed by atoms with Crippen molar-refractivity contribution in [1.82, 2.24) is 4.98 Å². The minimum Gasteiger partial charge on any atom is -0.368 e. The van der Waals surface area contributed by atoms with Crippen molar-refractivity contribution in [3.63, 3.8) is 0 Å². The highest BCUT2D eigenvalue weighted by Gasteiger charge is 2.18. The third-order valence-electron chi connectivity index (χ3n) is 3.29. The van der Waals surface area contributed by atoms with Crippen LogP contribution in [-0.2, 0) is 10.1 Å². The molecule has 0 bridgehead atoms. The summed E-state index contributed by atoms with van der Waals surface area (Å²) in [6.07, 6.45) is 1.63. The molecule has 2 aromatic rings. The van der Waals surface area contributed by atoms with Crippen LogP contribution in [0, 0.1) is 18.3 Å². The van der Waals surface area contributed by atoms with Crippen LogP contribution in [0.2, 0.25) is 0 Å². The van der Waals surface area contributed by atoms with Crippen molar-refractivity contribution >= 4 is 31.9 Å². The van der Waals surface area contributed by atoms with E-state index in [1.54, 1.807) is 25.3 Å². The first-order valence-corrected chi connectivity index (χ1v) is 8.87. The highest BCUT2D eigenvalue weighted by atomic mass is 79.9. The second-order valence-electron chi connectivity index (χ2n) is 4.92. The summed E-state index contributed by atoms with van der Waals surface area (Å²) in [5.74, 6) is 0.0270. The summed E-state index contributed by atoms with van der Waals surface area (Å²) in [5.41, 5.74) is 1.32. The Hall–Kier alpha value is -1.95. The molecule has 0 fully saturated rings. The molecule has 0 saturated carbocycles. The molecule has 0 saturated heterocycles. The summed E-state index contributed by atoms with van der Waals surface area (Å²) >= 11 is 3.29. The van der Waals surface area contributed by atoms with Gasteiger partial charge in [0.1, 0.15) is 5.82 Å². The van der Waals surface area contributed by atoms with E-state index in [0.29, 0.717) is 11.4 Å². The van der Waals surface area contributed by atoms with Crippen molar-refractivity contribution in [2.45, 2.75) is 17.7 Å². The Kier molecular flexibility index (Phi) is 5.36. The molecule has 2 rings (SSSR count). The summed E-state index contributed by atoms with van der Waals surface area (Å²) in [6.45, 7) is 2.05. The van der Waals surface area contributed by atoms with Crippen LogP contribution in [0.1, 0.15) is 17.0 Å². The van der Waals surface area contributed by atoms with Crippen LogP contribution in [0.15, 0.2) is 45.9 Å². The molecular formula is C15H14BrN3O3S. The standard InChI is InChI=1S/C15H14BrN3O3S/c1-10-2-4-13(23(20,21)22)6-14(10)11(7-17)8-18-15-5-3-12(16)9-19-15/h2-6,9,11H,8H2,1H3,(H,18,19)(H,20,21,22). The monoisotopic (exact) mass is 395 g/mol. The lowest BCUT2D eigenvalue weighted by atomic mass is 9.96. The maximum Gasteiger partial charge on any atom is 0.294 e. The number of anilines is 1. The van der Waals surface area contributed by atoms with E-state index < -0.39 is 16.0 Å². The quantitative estimate of drug-likeness (QED) is 0.753. The maximum atomic E-state index is 11.3. The summed E-state index contributed by atoms with van der Waals surface area (Å²) < 4.78 is 32.5. The fourth-order valence-corrected chi connectivity index (χ4v) is 2.82. The van der Waals surface area contributed by atoms with E-state index in [9.17, 15) is 13.7 Å². The molecular weight excluding hydrogens is 382 g/mol. The number of halogens is 1. The smallest absolute Gasteiger partial charge is 0.294 e. The highest BCUT2D eigenvalue weighted by Crippen LogP contribution is 2.23. The Bertz CT molecular complexity index is 845. The molecule has 0 aliphatic rings.